The highest BCUT2D eigenvalue weighted by molar-refractivity contribution is 6.01. The number of aliphatic imine (C=N–C) groups is 1. The van der Waals surface area contributed by atoms with Crippen molar-refractivity contribution in [1.82, 2.24) is 10.9 Å². The predicted molar refractivity (Wildman–Crippen MR) is 198 cm³/mol. The van der Waals surface area contributed by atoms with E-state index in [4.69, 9.17) is 19.6 Å². The van der Waals surface area contributed by atoms with Gasteiger partial charge < -0.3 is 14.6 Å². The molecule has 1 amide bonds. The third-order valence-electron chi connectivity index (χ3n) is 9.33. The Morgan fingerprint density at radius 3 is 2.10 bits per heavy atom. The van der Waals surface area contributed by atoms with Gasteiger partial charge in [0.15, 0.2) is 11.6 Å². The molecule has 7 nitrogen and oxygen atoms in total. The van der Waals surface area contributed by atoms with Gasteiger partial charge in [0.05, 0.1) is 6.61 Å². The smallest absolute Gasteiger partial charge is 0.266 e. The molecule has 1 aliphatic carbocycles. The van der Waals surface area contributed by atoms with E-state index in [0.717, 1.165) is 40.7 Å². The summed E-state index contributed by atoms with van der Waals surface area (Å²) in [5.41, 5.74) is 12.5. The molecule has 252 valence electrons. The molecule has 7 heteroatoms. The van der Waals surface area contributed by atoms with E-state index < -0.39 is 11.6 Å². The summed E-state index contributed by atoms with van der Waals surface area (Å²) in [6.45, 7) is 0.492. The van der Waals surface area contributed by atoms with E-state index in [9.17, 15) is 4.79 Å². The van der Waals surface area contributed by atoms with Crippen molar-refractivity contribution in [3.05, 3.63) is 167 Å². The van der Waals surface area contributed by atoms with Crippen molar-refractivity contribution in [3.63, 3.8) is 0 Å². The molecule has 0 saturated heterocycles. The Hall–Kier alpha value is -5.50. The number of rotatable bonds is 13. The molecular formula is C43H41N3O4. The van der Waals surface area contributed by atoms with Gasteiger partial charge in [-0.05, 0) is 70.5 Å². The average molecular weight is 664 g/mol. The van der Waals surface area contributed by atoms with E-state index in [-0.39, 0.29) is 18.6 Å². The zero-order valence-electron chi connectivity index (χ0n) is 27.9. The quantitative estimate of drug-likeness (QED) is 0.0911. The molecule has 0 spiro atoms. The molecule has 1 heterocycles. The maximum absolute atomic E-state index is 14.7. The van der Waals surface area contributed by atoms with Crippen molar-refractivity contribution in [2.24, 2.45) is 4.99 Å². The molecule has 3 N–H and O–H groups in total. The number of aliphatic hydroxyl groups excluding tert-OH is 1. The van der Waals surface area contributed by atoms with E-state index in [1.54, 1.807) is 0 Å². The summed E-state index contributed by atoms with van der Waals surface area (Å²) in [7, 11) is 0. The fourth-order valence-electron chi connectivity index (χ4n) is 6.67. The Morgan fingerprint density at radius 2 is 1.42 bits per heavy atom. The van der Waals surface area contributed by atoms with Gasteiger partial charge in [0, 0.05) is 31.1 Å². The first-order valence-electron chi connectivity index (χ1n) is 17.2. The SMILES string of the molecule is O=C(NNC1Cc2ccccc2C1)[C@@]1(C/C=C/c2ccccc2)N=C(c2ccc(OCCCO)cc2)O[C@H]1c1ccc(-c2ccccc2)cc1. The number of fused-ring (bicyclic) bond motifs is 1. The fourth-order valence-corrected chi connectivity index (χ4v) is 6.67. The minimum Gasteiger partial charge on any atom is -0.494 e. The minimum atomic E-state index is -1.32. The van der Waals surface area contributed by atoms with E-state index in [1.807, 2.05) is 97.1 Å². The van der Waals surface area contributed by atoms with Gasteiger partial charge in [-0.1, -0.05) is 121 Å². The van der Waals surface area contributed by atoms with Crippen LogP contribution in [0.1, 0.15) is 46.8 Å². The van der Waals surface area contributed by atoms with Gasteiger partial charge in [-0.25, -0.2) is 10.4 Å². The highest BCUT2D eigenvalue weighted by atomic mass is 16.5. The molecule has 2 atom stereocenters. The lowest BCUT2D eigenvalue weighted by molar-refractivity contribution is -0.130. The summed E-state index contributed by atoms with van der Waals surface area (Å²) >= 11 is 0. The standard InChI is InChI=1S/C43H41N3O4/c47-27-10-28-49-39-24-22-35(23-25-39)41-44-43(26-9-13-31-11-3-1-4-12-31,42(48)46-45-38-29-36-16-7-8-17-37(36)30-38)40(50-41)34-20-18-33(19-21-34)32-14-5-2-6-15-32/h1-9,11-25,38,40,45,47H,10,26-30H2,(H,46,48)/b13-9+/t40-,43-/m0/s1. The lowest BCUT2D eigenvalue weighted by atomic mass is 9.84. The zero-order chi connectivity index (χ0) is 34.2. The number of nitrogens with one attached hydrogen (secondary N) is 2. The van der Waals surface area contributed by atoms with Crippen LogP contribution in [-0.4, -0.2) is 41.7 Å². The lowest BCUT2D eigenvalue weighted by Crippen LogP contribution is -2.55. The third-order valence-corrected chi connectivity index (χ3v) is 9.33. The van der Waals surface area contributed by atoms with Crippen LogP contribution >= 0.6 is 0 Å². The largest absolute Gasteiger partial charge is 0.494 e. The zero-order valence-corrected chi connectivity index (χ0v) is 27.9. The van der Waals surface area contributed by atoms with E-state index in [2.05, 4.69) is 59.4 Å². The molecule has 0 radical (unpaired) electrons. The summed E-state index contributed by atoms with van der Waals surface area (Å²) in [4.78, 5) is 19.8. The number of amides is 1. The normalized spacial score (nSPS) is 18.4. The second-order valence-electron chi connectivity index (χ2n) is 12.8. The van der Waals surface area contributed by atoms with E-state index in [1.165, 1.54) is 11.1 Å². The number of hydrogen-bond donors (Lipinski definition) is 3. The topological polar surface area (TPSA) is 92.2 Å². The van der Waals surface area contributed by atoms with Crippen molar-refractivity contribution >= 4 is 17.9 Å². The summed E-state index contributed by atoms with van der Waals surface area (Å²) in [5, 5.41) is 9.13. The van der Waals surface area contributed by atoms with Gasteiger partial charge in [-0.2, -0.15) is 0 Å². The van der Waals surface area contributed by atoms with Gasteiger partial charge >= 0.3 is 0 Å². The number of carbonyl (C=O) groups excluding carboxylic acids is 1. The molecule has 0 unspecified atom stereocenters. The molecule has 1 aliphatic heterocycles. The molecule has 0 fully saturated rings. The minimum absolute atomic E-state index is 0.0704. The molecule has 7 rings (SSSR count). The molecule has 2 aliphatic rings. The first-order chi connectivity index (χ1) is 24.6. The summed E-state index contributed by atoms with van der Waals surface area (Å²) in [6, 6.07) is 44.5. The molecule has 0 saturated carbocycles. The highest BCUT2D eigenvalue weighted by Gasteiger charge is 2.52. The van der Waals surface area contributed by atoms with Gasteiger partial charge in [0.25, 0.3) is 5.91 Å². The second-order valence-corrected chi connectivity index (χ2v) is 12.8. The van der Waals surface area contributed by atoms with Gasteiger partial charge in [0.2, 0.25) is 5.90 Å². The maximum Gasteiger partial charge on any atom is 0.266 e. The second kappa shape index (κ2) is 15.4. The van der Waals surface area contributed by atoms with Crippen molar-refractivity contribution in [3.8, 4) is 16.9 Å². The Labute approximate surface area is 293 Å². The maximum atomic E-state index is 14.7. The van der Waals surface area contributed by atoms with Gasteiger partial charge in [-0.3, -0.25) is 10.2 Å². The first kappa shape index (κ1) is 33.0. The van der Waals surface area contributed by atoms with Crippen molar-refractivity contribution in [2.45, 2.75) is 43.4 Å². The lowest BCUT2D eigenvalue weighted by Gasteiger charge is -2.30. The number of aliphatic hydroxyl groups is 1. The molecule has 0 bridgehead atoms. The number of hydrogen-bond acceptors (Lipinski definition) is 6. The molecule has 50 heavy (non-hydrogen) atoms. The van der Waals surface area contributed by atoms with Crippen LogP contribution in [0.5, 0.6) is 5.75 Å². The summed E-state index contributed by atoms with van der Waals surface area (Å²) in [5.74, 6) is 0.813. The third kappa shape index (κ3) is 7.39. The number of ether oxygens (including phenoxy) is 2. The number of nitrogens with zero attached hydrogens (tertiary/aromatic N) is 1. The Morgan fingerprint density at radius 1 is 0.800 bits per heavy atom. The molecular weight excluding hydrogens is 622 g/mol. The molecule has 5 aromatic rings. The van der Waals surface area contributed by atoms with Crippen LogP contribution in [0.15, 0.2) is 145 Å². The number of benzene rings is 5. The van der Waals surface area contributed by atoms with Crippen LogP contribution in [0.25, 0.3) is 17.2 Å². The van der Waals surface area contributed by atoms with Crippen LogP contribution in [0.3, 0.4) is 0 Å². The van der Waals surface area contributed by atoms with E-state index in [0.29, 0.717) is 31.1 Å². The van der Waals surface area contributed by atoms with Crippen LogP contribution in [0, 0.1) is 0 Å². The monoisotopic (exact) mass is 663 g/mol. The van der Waals surface area contributed by atoms with Crippen LogP contribution in [-0.2, 0) is 22.4 Å². The fraction of sp³-hybridized carbons (Fsp3) is 0.209. The van der Waals surface area contributed by atoms with E-state index >= 15 is 0 Å². The van der Waals surface area contributed by atoms with Crippen LogP contribution in [0.4, 0.5) is 0 Å². The number of hydrazine groups is 1. The van der Waals surface area contributed by atoms with Gasteiger partial charge in [-0.15, -0.1) is 0 Å². The Balaban J connectivity index is 1.23. The molecule has 0 aromatic heterocycles. The van der Waals surface area contributed by atoms with Crippen molar-refractivity contribution < 1.29 is 19.4 Å². The van der Waals surface area contributed by atoms with Crippen molar-refractivity contribution in [1.29, 1.82) is 0 Å². The first-order valence-corrected chi connectivity index (χ1v) is 17.2. The Bertz CT molecular complexity index is 1920. The highest BCUT2D eigenvalue weighted by Crippen LogP contribution is 2.43. The summed E-state index contributed by atoms with van der Waals surface area (Å²) in [6.07, 6.45) is 5.86. The number of carbonyl (C=O) groups is 1. The predicted octanol–water partition coefficient (Wildman–Crippen LogP) is 7.26. The molecule has 5 aromatic carbocycles. The van der Waals surface area contributed by atoms with Gasteiger partial charge in [0.1, 0.15) is 5.75 Å². The van der Waals surface area contributed by atoms with Crippen LogP contribution in [0.2, 0.25) is 0 Å². The summed E-state index contributed by atoms with van der Waals surface area (Å²) < 4.78 is 12.5. The van der Waals surface area contributed by atoms with Crippen molar-refractivity contribution in [2.75, 3.05) is 13.2 Å². The van der Waals surface area contributed by atoms with Crippen LogP contribution < -0.4 is 15.6 Å². The average Bonchev–Trinajstić information content (AvgIpc) is 3.78. The Kier molecular flexibility index (Phi) is 10.1.